The first-order valence-electron chi connectivity index (χ1n) is 5.82. The van der Waals surface area contributed by atoms with Crippen molar-refractivity contribution in [2.24, 2.45) is 5.73 Å². The molecule has 0 aliphatic carbocycles. The molecule has 0 aromatic rings. The molecule has 0 saturated carbocycles. The van der Waals surface area contributed by atoms with Crippen LogP contribution >= 0.6 is 0 Å². The quantitative estimate of drug-likeness (QED) is 0.486. The molecule has 0 saturated heterocycles. The van der Waals surface area contributed by atoms with E-state index in [9.17, 15) is 9.59 Å². The van der Waals surface area contributed by atoms with E-state index in [-0.39, 0.29) is 12.8 Å². The van der Waals surface area contributed by atoms with Crippen molar-refractivity contribution in [1.82, 2.24) is 5.32 Å². The summed E-state index contributed by atoms with van der Waals surface area (Å²) < 4.78 is 0. The Labute approximate surface area is 96.4 Å². The average molecular weight is 230 g/mol. The fourth-order valence-corrected chi connectivity index (χ4v) is 1.43. The Bertz CT molecular complexity index is 219. The van der Waals surface area contributed by atoms with E-state index in [1.807, 2.05) is 0 Å². The summed E-state index contributed by atoms with van der Waals surface area (Å²) in [4.78, 5) is 21.4. The minimum absolute atomic E-state index is 0.110. The number of primary amides is 1. The van der Waals surface area contributed by atoms with Crippen LogP contribution in [0.25, 0.3) is 0 Å². The first-order valence-corrected chi connectivity index (χ1v) is 5.82. The van der Waals surface area contributed by atoms with E-state index < -0.39 is 17.9 Å². The highest BCUT2D eigenvalue weighted by molar-refractivity contribution is 5.77. The largest absolute Gasteiger partial charge is 0.480 e. The molecule has 1 unspecified atom stereocenters. The van der Waals surface area contributed by atoms with Gasteiger partial charge in [-0.3, -0.25) is 9.59 Å². The normalized spacial score (nSPS) is 12.3. The van der Waals surface area contributed by atoms with E-state index in [1.165, 1.54) is 6.42 Å². The van der Waals surface area contributed by atoms with Crippen LogP contribution in [-0.4, -0.2) is 29.6 Å². The fraction of sp³-hybridized carbons (Fsp3) is 0.818. The summed E-state index contributed by atoms with van der Waals surface area (Å²) in [6.07, 6.45) is 4.77. The van der Waals surface area contributed by atoms with Crippen molar-refractivity contribution in [3.63, 3.8) is 0 Å². The maximum atomic E-state index is 10.8. The van der Waals surface area contributed by atoms with Crippen LogP contribution in [0.3, 0.4) is 0 Å². The number of amides is 1. The van der Waals surface area contributed by atoms with Gasteiger partial charge in [-0.1, -0.05) is 26.2 Å². The Morgan fingerprint density at radius 2 is 2.00 bits per heavy atom. The zero-order valence-corrected chi connectivity index (χ0v) is 9.87. The van der Waals surface area contributed by atoms with E-state index in [4.69, 9.17) is 10.8 Å². The van der Waals surface area contributed by atoms with Gasteiger partial charge in [0.2, 0.25) is 5.91 Å². The van der Waals surface area contributed by atoms with Crippen LogP contribution in [0.15, 0.2) is 0 Å². The summed E-state index contributed by atoms with van der Waals surface area (Å²) in [5.41, 5.74) is 4.98. The van der Waals surface area contributed by atoms with Gasteiger partial charge in [0.05, 0.1) is 0 Å². The van der Waals surface area contributed by atoms with Crippen molar-refractivity contribution in [1.29, 1.82) is 0 Å². The predicted molar refractivity (Wildman–Crippen MR) is 62.0 cm³/mol. The van der Waals surface area contributed by atoms with Gasteiger partial charge in [0, 0.05) is 6.42 Å². The van der Waals surface area contributed by atoms with Crippen molar-refractivity contribution < 1.29 is 14.7 Å². The number of rotatable bonds is 10. The highest BCUT2D eigenvalue weighted by atomic mass is 16.4. The zero-order valence-electron chi connectivity index (χ0n) is 9.87. The Morgan fingerprint density at radius 3 is 2.50 bits per heavy atom. The number of nitrogens with two attached hydrogens (primary N) is 1. The van der Waals surface area contributed by atoms with Crippen molar-refractivity contribution in [2.75, 3.05) is 6.54 Å². The highest BCUT2D eigenvalue weighted by Crippen LogP contribution is 2.00. The minimum atomic E-state index is -0.920. The molecule has 0 aliphatic rings. The lowest BCUT2D eigenvalue weighted by Gasteiger charge is -2.13. The topological polar surface area (TPSA) is 92.4 Å². The van der Waals surface area contributed by atoms with E-state index in [2.05, 4.69) is 12.2 Å². The molecule has 0 fully saturated rings. The molecule has 0 spiro atoms. The van der Waals surface area contributed by atoms with Gasteiger partial charge in [0.15, 0.2) is 0 Å². The van der Waals surface area contributed by atoms with E-state index in [1.54, 1.807) is 0 Å². The molecule has 0 aromatic heterocycles. The van der Waals surface area contributed by atoms with Gasteiger partial charge in [0.25, 0.3) is 0 Å². The number of carbonyl (C=O) groups is 2. The molecule has 1 amide bonds. The van der Waals surface area contributed by atoms with Crippen molar-refractivity contribution in [2.45, 2.75) is 51.5 Å². The first-order chi connectivity index (χ1) is 7.57. The van der Waals surface area contributed by atoms with Gasteiger partial charge in [-0.2, -0.15) is 0 Å². The molecule has 5 heteroatoms. The number of hydrogen-bond acceptors (Lipinski definition) is 3. The molecule has 5 nitrogen and oxygen atoms in total. The second-order valence-corrected chi connectivity index (χ2v) is 3.91. The maximum absolute atomic E-state index is 10.8. The minimum Gasteiger partial charge on any atom is -0.480 e. The molecule has 4 N–H and O–H groups in total. The van der Waals surface area contributed by atoms with Gasteiger partial charge >= 0.3 is 5.97 Å². The first kappa shape index (κ1) is 14.9. The molecule has 1 atom stereocenters. The average Bonchev–Trinajstić information content (AvgIpc) is 2.21. The highest BCUT2D eigenvalue weighted by Gasteiger charge is 2.16. The number of unbranched alkanes of at least 4 members (excludes halogenated alkanes) is 3. The Morgan fingerprint density at radius 1 is 1.31 bits per heavy atom. The molecule has 94 valence electrons. The summed E-state index contributed by atoms with van der Waals surface area (Å²) in [5.74, 6) is -1.38. The summed E-state index contributed by atoms with van der Waals surface area (Å²) in [6, 6.07) is -0.658. The molecule has 0 aromatic carbocycles. The lowest BCUT2D eigenvalue weighted by molar-refractivity contribution is -0.139. The Hall–Kier alpha value is -1.10. The second kappa shape index (κ2) is 9.15. The number of hydrogen-bond donors (Lipinski definition) is 3. The van der Waals surface area contributed by atoms with Crippen LogP contribution < -0.4 is 11.1 Å². The maximum Gasteiger partial charge on any atom is 0.320 e. The molecule has 0 heterocycles. The van der Waals surface area contributed by atoms with Gasteiger partial charge < -0.3 is 16.2 Å². The monoisotopic (exact) mass is 230 g/mol. The summed E-state index contributed by atoms with van der Waals surface area (Å²) in [6.45, 7) is 2.80. The van der Waals surface area contributed by atoms with Crippen molar-refractivity contribution in [3.05, 3.63) is 0 Å². The SMILES string of the molecule is CCCCCCNC(CCC(N)=O)C(=O)O. The molecule has 0 rings (SSSR count). The van der Waals surface area contributed by atoms with Crippen LogP contribution in [0, 0.1) is 0 Å². The molecule has 0 bridgehead atoms. The van der Waals surface area contributed by atoms with E-state index >= 15 is 0 Å². The molecule has 16 heavy (non-hydrogen) atoms. The summed E-state index contributed by atoms with van der Waals surface area (Å²) in [5, 5.41) is 11.8. The summed E-state index contributed by atoms with van der Waals surface area (Å²) in [7, 11) is 0. The fourth-order valence-electron chi connectivity index (χ4n) is 1.43. The molecule has 0 radical (unpaired) electrons. The van der Waals surface area contributed by atoms with Crippen LogP contribution in [0.5, 0.6) is 0 Å². The second-order valence-electron chi connectivity index (χ2n) is 3.91. The third kappa shape index (κ3) is 8.23. The van der Waals surface area contributed by atoms with Crippen LogP contribution in [0.1, 0.15) is 45.4 Å². The summed E-state index contributed by atoms with van der Waals surface area (Å²) >= 11 is 0. The molecular formula is C11H22N2O3. The lowest BCUT2D eigenvalue weighted by Crippen LogP contribution is -2.38. The number of carbonyl (C=O) groups excluding carboxylic acids is 1. The van der Waals surface area contributed by atoms with Crippen molar-refractivity contribution >= 4 is 11.9 Å². The Kier molecular flexibility index (Phi) is 8.52. The van der Waals surface area contributed by atoms with Gasteiger partial charge in [0.1, 0.15) is 6.04 Å². The van der Waals surface area contributed by atoms with Crippen LogP contribution in [0.4, 0.5) is 0 Å². The van der Waals surface area contributed by atoms with E-state index in [0.29, 0.717) is 6.54 Å². The number of nitrogens with one attached hydrogen (secondary N) is 1. The third-order valence-corrected chi connectivity index (χ3v) is 2.40. The number of carboxylic acid groups (broad SMARTS) is 1. The predicted octanol–water partition coefficient (Wildman–Crippen LogP) is 0.875. The van der Waals surface area contributed by atoms with Gasteiger partial charge in [-0.25, -0.2) is 0 Å². The third-order valence-electron chi connectivity index (χ3n) is 2.40. The van der Waals surface area contributed by atoms with Gasteiger partial charge in [-0.05, 0) is 19.4 Å². The standard InChI is InChI=1S/C11H22N2O3/c1-2-3-4-5-8-13-9(11(15)16)6-7-10(12)14/h9,13H,2-8H2,1H3,(H2,12,14)(H,15,16). The van der Waals surface area contributed by atoms with Gasteiger partial charge in [-0.15, -0.1) is 0 Å². The Balaban J connectivity index is 3.68. The number of aliphatic carboxylic acids is 1. The lowest BCUT2D eigenvalue weighted by atomic mass is 10.1. The zero-order chi connectivity index (χ0) is 12.4. The molecule has 0 aliphatic heterocycles. The van der Waals surface area contributed by atoms with E-state index in [0.717, 1.165) is 19.3 Å². The smallest absolute Gasteiger partial charge is 0.320 e. The number of carboxylic acids is 1. The molecular weight excluding hydrogens is 208 g/mol. The van der Waals surface area contributed by atoms with Crippen LogP contribution in [-0.2, 0) is 9.59 Å². The van der Waals surface area contributed by atoms with Crippen molar-refractivity contribution in [3.8, 4) is 0 Å². The van der Waals surface area contributed by atoms with Crippen LogP contribution in [0.2, 0.25) is 0 Å².